The highest BCUT2D eigenvalue weighted by molar-refractivity contribution is 4.89. The van der Waals surface area contributed by atoms with Gasteiger partial charge >= 0.3 is 0 Å². The number of aliphatic hydroxyl groups excluding tert-OH is 1. The molecule has 1 heteroatoms. The molecule has 1 fully saturated rings. The van der Waals surface area contributed by atoms with Crippen molar-refractivity contribution in [2.24, 2.45) is 17.8 Å². The molecule has 0 spiro atoms. The SMILES string of the molecule is C=CC1CC(C)C(O)C(C)C1. The lowest BCUT2D eigenvalue weighted by Crippen LogP contribution is -2.33. The van der Waals surface area contributed by atoms with Crippen LogP contribution in [-0.2, 0) is 0 Å². The summed E-state index contributed by atoms with van der Waals surface area (Å²) in [6.45, 7) is 8.04. The molecule has 0 aromatic rings. The molecule has 1 aliphatic rings. The number of hydrogen-bond donors (Lipinski definition) is 1. The van der Waals surface area contributed by atoms with Gasteiger partial charge in [0.2, 0.25) is 0 Å². The number of hydrogen-bond acceptors (Lipinski definition) is 1. The first-order valence-corrected chi connectivity index (χ1v) is 4.45. The van der Waals surface area contributed by atoms with Crippen molar-refractivity contribution in [2.75, 3.05) is 0 Å². The van der Waals surface area contributed by atoms with Crippen LogP contribution in [0.3, 0.4) is 0 Å². The third-order valence-corrected chi connectivity index (χ3v) is 2.85. The van der Waals surface area contributed by atoms with E-state index in [-0.39, 0.29) is 6.10 Å². The molecule has 64 valence electrons. The molecular formula is C10H18O. The first kappa shape index (κ1) is 8.79. The Balaban J connectivity index is 2.54. The van der Waals surface area contributed by atoms with Crippen LogP contribution in [0.2, 0.25) is 0 Å². The summed E-state index contributed by atoms with van der Waals surface area (Å²) in [7, 11) is 0. The molecule has 11 heavy (non-hydrogen) atoms. The molecule has 0 saturated heterocycles. The zero-order chi connectivity index (χ0) is 8.43. The lowest BCUT2D eigenvalue weighted by Gasteiger charge is -2.34. The van der Waals surface area contributed by atoms with Crippen LogP contribution in [0.25, 0.3) is 0 Å². The molecule has 2 atom stereocenters. The van der Waals surface area contributed by atoms with E-state index >= 15 is 0 Å². The maximum atomic E-state index is 9.63. The summed E-state index contributed by atoms with van der Waals surface area (Å²) in [5.41, 5.74) is 0. The van der Waals surface area contributed by atoms with Crippen molar-refractivity contribution in [1.82, 2.24) is 0 Å². The van der Waals surface area contributed by atoms with E-state index in [4.69, 9.17) is 0 Å². The summed E-state index contributed by atoms with van der Waals surface area (Å²) in [6, 6.07) is 0. The highest BCUT2D eigenvalue weighted by Crippen LogP contribution is 2.33. The average molecular weight is 154 g/mol. The molecule has 1 aliphatic carbocycles. The van der Waals surface area contributed by atoms with E-state index in [0.29, 0.717) is 17.8 Å². The Bertz CT molecular complexity index is 130. The van der Waals surface area contributed by atoms with Gasteiger partial charge in [0.05, 0.1) is 6.10 Å². The first-order valence-electron chi connectivity index (χ1n) is 4.45. The van der Waals surface area contributed by atoms with E-state index in [2.05, 4.69) is 20.4 Å². The highest BCUT2D eigenvalue weighted by Gasteiger charge is 2.29. The van der Waals surface area contributed by atoms with Gasteiger partial charge in [-0.15, -0.1) is 6.58 Å². The minimum atomic E-state index is -0.0915. The molecule has 1 saturated carbocycles. The Kier molecular flexibility index (Phi) is 2.72. The van der Waals surface area contributed by atoms with Crippen LogP contribution < -0.4 is 0 Å². The zero-order valence-corrected chi connectivity index (χ0v) is 7.46. The van der Waals surface area contributed by atoms with Gasteiger partial charge in [0, 0.05) is 0 Å². The van der Waals surface area contributed by atoms with Gasteiger partial charge in [0.15, 0.2) is 0 Å². The summed E-state index contributed by atoms with van der Waals surface area (Å²) in [6.07, 6.45) is 4.15. The molecule has 0 amide bonds. The monoisotopic (exact) mass is 154 g/mol. The van der Waals surface area contributed by atoms with Crippen LogP contribution in [0.5, 0.6) is 0 Å². The highest BCUT2D eigenvalue weighted by atomic mass is 16.3. The molecule has 2 unspecified atom stereocenters. The second-order valence-electron chi connectivity index (χ2n) is 3.91. The van der Waals surface area contributed by atoms with Gasteiger partial charge in [-0.1, -0.05) is 19.9 Å². The van der Waals surface area contributed by atoms with Crippen LogP contribution in [-0.4, -0.2) is 11.2 Å². The molecule has 0 radical (unpaired) electrons. The predicted octanol–water partition coefficient (Wildman–Crippen LogP) is 2.22. The lowest BCUT2D eigenvalue weighted by molar-refractivity contribution is 0.0201. The molecule has 0 aromatic heterocycles. The third kappa shape index (κ3) is 1.84. The molecule has 1 N–H and O–H groups in total. The fourth-order valence-electron chi connectivity index (χ4n) is 2.08. The van der Waals surface area contributed by atoms with Gasteiger partial charge < -0.3 is 5.11 Å². The maximum Gasteiger partial charge on any atom is 0.0591 e. The van der Waals surface area contributed by atoms with Crippen molar-refractivity contribution in [3.8, 4) is 0 Å². The van der Waals surface area contributed by atoms with Crippen LogP contribution in [0.15, 0.2) is 12.7 Å². The quantitative estimate of drug-likeness (QED) is 0.574. The van der Waals surface area contributed by atoms with Crippen molar-refractivity contribution >= 4 is 0 Å². The standard InChI is InChI=1S/C10H18O/c1-4-9-5-7(2)10(11)8(3)6-9/h4,7-11H,1,5-6H2,2-3H3. The molecule has 0 bridgehead atoms. The smallest absolute Gasteiger partial charge is 0.0591 e. The summed E-state index contributed by atoms with van der Waals surface area (Å²) in [5, 5.41) is 9.63. The average Bonchev–Trinajstić information content (AvgIpc) is 1.99. The molecule has 0 heterocycles. The van der Waals surface area contributed by atoms with Gasteiger partial charge in [0.1, 0.15) is 0 Å². The van der Waals surface area contributed by atoms with Crippen LogP contribution in [0.4, 0.5) is 0 Å². The van der Waals surface area contributed by atoms with Crippen molar-refractivity contribution in [3.05, 3.63) is 12.7 Å². The molecule has 0 aromatic carbocycles. The second-order valence-corrected chi connectivity index (χ2v) is 3.91. The Morgan fingerprint density at radius 2 is 1.73 bits per heavy atom. The fraction of sp³-hybridized carbons (Fsp3) is 0.800. The Labute approximate surface area is 69.1 Å². The van der Waals surface area contributed by atoms with Crippen molar-refractivity contribution in [3.63, 3.8) is 0 Å². The maximum absolute atomic E-state index is 9.63. The molecule has 1 rings (SSSR count). The first-order chi connectivity index (χ1) is 5.15. The Hall–Kier alpha value is -0.300. The van der Waals surface area contributed by atoms with Gasteiger partial charge in [-0.05, 0) is 30.6 Å². The normalized spacial score (nSPS) is 45.4. The molecule has 0 aliphatic heterocycles. The van der Waals surface area contributed by atoms with E-state index in [9.17, 15) is 5.11 Å². The van der Waals surface area contributed by atoms with Crippen molar-refractivity contribution in [1.29, 1.82) is 0 Å². The lowest BCUT2D eigenvalue weighted by atomic mass is 9.75. The summed E-state index contributed by atoms with van der Waals surface area (Å²) in [5.74, 6) is 1.52. The minimum absolute atomic E-state index is 0.0915. The van der Waals surface area contributed by atoms with Crippen LogP contribution in [0, 0.1) is 17.8 Å². The van der Waals surface area contributed by atoms with Crippen LogP contribution in [0.1, 0.15) is 26.7 Å². The summed E-state index contributed by atoms with van der Waals surface area (Å²) in [4.78, 5) is 0. The third-order valence-electron chi connectivity index (χ3n) is 2.85. The van der Waals surface area contributed by atoms with E-state index in [0.717, 1.165) is 12.8 Å². The molecular weight excluding hydrogens is 136 g/mol. The molecule has 1 nitrogen and oxygen atoms in total. The van der Waals surface area contributed by atoms with Crippen molar-refractivity contribution < 1.29 is 5.11 Å². The summed E-state index contributed by atoms with van der Waals surface area (Å²) < 4.78 is 0. The van der Waals surface area contributed by atoms with E-state index < -0.39 is 0 Å². The van der Waals surface area contributed by atoms with E-state index in [1.807, 2.05) is 6.08 Å². The van der Waals surface area contributed by atoms with Gasteiger partial charge in [-0.3, -0.25) is 0 Å². The number of rotatable bonds is 1. The van der Waals surface area contributed by atoms with Crippen molar-refractivity contribution in [2.45, 2.75) is 32.8 Å². The topological polar surface area (TPSA) is 20.2 Å². The largest absolute Gasteiger partial charge is 0.393 e. The predicted molar refractivity (Wildman–Crippen MR) is 47.3 cm³/mol. The zero-order valence-electron chi connectivity index (χ0n) is 7.46. The Morgan fingerprint density at radius 1 is 1.27 bits per heavy atom. The van der Waals surface area contributed by atoms with Crippen LogP contribution >= 0.6 is 0 Å². The van der Waals surface area contributed by atoms with Gasteiger partial charge in [-0.25, -0.2) is 0 Å². The second kappa shape index (κ2) is 3.40. The number of allylic oxidation sites excluding steroid dienone is 1. The number of aliphatic hydroxyl groups is 1. The van der Waals surface area contributed by atoms with E-state index in [1.54, 1.807) is 0 Å². The van der Waals surface area contributed by atoms with Gasteiger partial charge in [0.25, 0.3) is 0 Å². The Morgan fingerprint density at radius 3 is 2.09 bits per heavy atom. The van der Waals surface area contributed by atoms with Gasteiger partial charge in [-0.2, -0.15) is 0 Å². The van der Waals surface area contributed by atoms with E-state index in [1.165, 1.54) is 0 Å². The fourth-order valence-corrected chi connectivity index (χ4v) is 2.08. The minimum Gasteiger partial charge on any atom is -0.393 e. The summed E-state index contributed by atoms with van der Waals surface area (Å²) >= 11 is 0.